The largest absolute Gasteiger partial charge is 0.494 e. The number of carbonyl (C=O) groups excluding carboxylic acids is 2. The highest BCUT2D eigenvalue weighted by atomic mass is 127. The molecule has 244 valence electrons. The summed E-state index contributed by atoms with van der Waals surface area (Å²) in [5.41, 5.74) is 3.57. The van der Waals surface area contributed by atoms with Crippen LogP contribution in [0, 0.1) is 7.14 Å². The highest BCUT2D eigenvalue weighted by Crippen LogP contribution is 2.32. The van der Waals surface area contributed by atoms with Crippen LogP contribution in [0.3, 0.4) is 0 Å². The van der Waals surface area contributed by atoms with Crippen molar-refractivity contribution in [3.8, 4) is 11.5 Å². The normalized spacial score (nSPS) is 14.3. The topological polar surface area (TPSA) is 105 Å². The van der Waals surface area contributed by atoms with Gasteiger partial charge in [0.1, 0.15) is 18.1 Å². The summed E-state index contributed by atoms with van der Waals surface area (Å²) in [4.78, 5) is 44.3. The third-order valence-electron chi connectivity index (χ3n) is 7.19. The summed E-state index contributed by atoms with van der Waals surface area (Å²) in [5.74, 6) is 0.569. The summed E-state index contributed by atoms with van der Waals surface area (Å²) in [7, 11) is 0. The smallest absolute Gasteiger partial charge is 0.338 e. The molecule has 4 aromatic rings. The van der Waals surface area contributed by atoms with Crippen molar-refractivity contribution in [2.45, 2.75) is 40.3 Å². The van der Waals surface area contributed by atoms with Gasteiger partial charge in [-0.15, -0.1) is 0 Å². The van der Waals surface area contributed by atoms with Crippen LogP contribution in [-0.4, -0.2) is 36.3 Å². The number of rotatable bonds is 11. The highest BCUT2D eigenvalue weighted by Gasteiger charge is 2.33. The molecule has 0 radical (unpaired) electrons. The predicted molar refractivity (Wildman–Crippen MR) is 197 cm³/mol. The van der Waals surface area contributed by atoms with E-state index < -0.39 is 12.0 Å². The summed E-state index contributed by atoms with van der Waals surface area (Å²) in [6, 6.07) is 17.7. The summed E-state index contributed by atoms with van der Waals surface area (Å²) < 4.78 is 26.0. The van der Waals surface area contributed by atoms with E-state index in [-0.39, 0.29) is 18.1 Å². The average molecular weight is 879 g/mol. The Morgan fingerprint density at radius 2 is 1.53 bits per heavy atom. The van der Waals surface area contributed by atoms with Gasteiger partial charge in [-0.05, 0) is 132 Å². The standard InChI is InChI=1S/C35H32I2N2O7S/c1-5-43-25-14-12-23(13-15-25)30-29(34(42)45-7-3)20(4)38-35-39(30)32(40)28(47-35)18-22-16-26(36)31(27(37)17-22)46-19-21-8-10-24(11-9-21)33(41)44-6-2/h8-18,30H,5-7,19H2,1-4H3/b28-18-/t30-/m0/s1. The first kappa shape index (κ1) is 34.8. The van der Waals surface area contributed by atoms with Gasteiger partial charge in [0.25, 0.3) is 5.56 Å². The molecule has 0 fully saturated rings. The molecule has 1 aromatic heterocycles. The second-order valence-corrected chi connectivity index (χ2v) is 13.7. The predicted octanol–water partition coefficient (Wildman–Crippen LogP) is 6.16. The molecular formula is C35H32I2N2O7S. The zero-order chi connectivity index (χ0) is 33.7. The van der Waals surface area contributed by atoms with Crippen molar-refractivity contribution in [2.75, 3.05) is 19.8 Å². The van der Waals surface area contributed by atoms with Gasteiger partial charge in [0.15, 0.2) is 4.80 Å². The number of thiazole rings is 1. The van der Waals surface area contributed by atoms with Crippen LogP contribution >= 0.6 is 56.5 Å². The van der Waals surface area contributed by atoms with Gasteiger partial charge >= 0.3 is 11.9 Å². The summed E-state index contributed by atoms with van der Waals surface area (Å²) in [6.45, 7) is 8.58. The Hall–Kier alpha value is -3.50. The maximum atomic E-state index is 14.0. The van der Waals surface area contributed by atoms with Crippen LogP contribution in [0.5, 0.6) is 11.5 Å². The average Bonchev–Trinajstić information content (AvgIpc) is 3.34. The summed E-state index contributed by atoms with van der Waals surface area (Å²) >= 11 is 5.73. The van der Waals surface area contributed by atoms with Crippen molar-refractivity contribution in [2.24, 2.45) is 4.99 Å². The van der Waals surface area contributed by atoms with Crippen LogP contribution in [0.25, 0.3) is 6.08 Å². The molecule has 0 unspecified atom stereocenters. The van der Waals surface area contributed by atoms with E-state index in [4.69, 9.17) is 18.9 Å². The monoisotopic (exact) mass is 878 g/mol. The SMILES string of the molecule is CCOC(=O)C1=C(C)N=c2s/c(=C\c3cc(I)c(OCc4ccc(C(=O)OCC)cc4)c(I)c3)c(=O)n2[C@H]1c1ccc(OCC)cc1. The molecule has 0 spiro atoms. The number of esters is 2. The van der Waals surface area contributed by atoms with Gasteiger partial charge in [-0.3, -0.25) is 9.36 Å². The van der Waals surface area contributed by atoms with E-state index in [9.17, 15) is 14.4 Å². The van der Waals surface area contributed by atoms with Crippen molar-refractivity contribution in [3.05, 3.63) is 121 Å². The summed E-state index contributed by atoms with van der Waals surface area (Å²) in [5, 5.41) is 0. The first-order chi connectivity index (χ1) is 22.6. The highest BCUT2D eigenvalue weighted by molar-refractivity contribution is 14.1. The molecule has 47 heavy (non-hydrogen) atoms. The Morgan fingerprint density at radius 3 is 2.15 bits per heavy atom. The zero-order valence-electron chi connectivity index (χ0n) is 26.2. The molecule has 2 heterocycles. The third kappa shape index (κ3) is 7.81. The van der Waals surface area contributed by atoms with Crippen molar-refractivity contribution in [3.63, 3.8) is 0 Å². The fourth-order valence-electron chi connectivity index (χ4n) is 5.08. The lowest BCUT2D eigenvalue weighted by Gasteiger charge is -2.24. The Labute approximate surface area is 303 Å². The van der Waals surface area contributed by atoms with E-state index in [0.717, 1.165) is 29.6 Å². The van der Waals surface area contributed by atoms with Gasteiger partial charge in [-0.2, -0.15) is 0 Å². The van der Waals surface area contributed by atoms with Gasteiger partial charge in [-0.25, -0.2) is 14.6 Å². The number of nitrogens with zero attached hydrogens (tertiary/aromatic N) is 2. The molecule has 0 aliphatic carbocycles. The number of halogens is 2. The third-order valence-corrected chi connectivity index (χ3v) is 9.78. The lowest BCUT2D eigenvalue weighted by Crippen LogP contribution is -2.39. The fourth-order valence-corrected chi connectivity index (χ4v) is 8.25. The molecule has 0 saturated heterocycles. The van der Waals surface area contributed by atoms with E-state index in [2.05, 4.69) is 50.2 Å². The fraction of sp³-hybridized carbons (Fsp3) is 0.257. The molecule has 0 amide bonds. The minimum atomic E-state index is -0.703. The van der Waals surface area contributed by atoms with E-state index in [1.54, 1.807) is 37.5 Å². The Balaban J connectivity index is 1.47. The quantitative estimate of drug-likeness (QED) is 0.131. The van der Waals surface area contributed by atoms with E-state index in [0.29, 0.717) is 51.7 Å². The maximum Gasteiger partial charge on any atom is 0.338 e. The number of allylic oxidation sites excluding steroid dienone is 1. The number of ether oxygens (including phenoxy) is 4. The lowest BCUT2D eigenvalue weighted by molar-refractivity contribution is -0.139. The van der Waals surface area contributed by atoms with E-state index in [1.807, 2.05) is 61.5 Å². The number of hydrogen-bond donors (Lipinski definition) is 0. The molecule has 0 N–H and O–H groups in total. The van der Waals surface area contributed by atoms with Crippen molar-refractivity contribution >= 4 is 74.5 Å². The van der Waals surface area contributed by atoms with Crippen molar-refractivity contribution in [1.82, 2.24) is 4.57 Å². The Morgan fingerprint density at radius 1 is 0.894 bits per heavy atom. The van der Waals surface area contributed by atoms with Crippen LogP contribution in [0.4, 0.5) is 0 Å². The molecular weight excluding hydrogens is 846 g/mol. The number of aromatic nitrogens is 1. The Bertz CT molecular complexity index is 1990. The second kappa shape index (κ2) is 15.6. The molecule has 1 aliphatic rings. The van der Waals surface area contributed by atoms with Gasteiger partial charge in [0.2, 0.25) is 0 Å². The van der Waals surface area contributed by atoms with Crippen LogP contribution in [0.2, 0.25) is 0 Å². The van der Waals surface area contributed by atoms with Gasteiger partial charge < -0.3 is 18.9 Å². The first-order valence-corrected chi connectivity index (χ1v) is 17.9. The first-order valence-electron chi connectivity index (χ1n) is 14.9. The molecule has 9 nitrogen and oxygen atoms in total. The number of fused-ring (bicyclic) bond motifs is 1. The lowest BCUT2D eigenvalue weighted by atomic mass is 9.96. The molecule has 3 aromatic carbocycles. The van der Waals surface area contributed by atoms with Crippen LogP contribution in [0.15, 0.2) is 81.7 Å². The molecule has 5 rings (SSSR count). The Kier molecular flexibility index (Phi) is 11.6. The number of carbonyl (C=O) groups is 2. The van der Waals surface area contributed by atoms with Gasteiger partial charge in [0.05, 0.1) is 54.4 Å². The molecule has 0 saturated carbocycles. The molecule has 1 atom stereocenters. The molecule has 12 heteroatoms. The van der Waals surface area contributed by atoms with E-state index >= 15 is 0 Å². The van der Waals surface area contributed by atoms with Gasteiger partial charge in [-0.1, -0.05) is 35.6 Å². The second-order valence-electron chi connectivity index (χ2n) is 10.3. The van der Waals surface area contributed by atoms with Crippen molar-refractivity contribution in [1.29, 1.82) is 0 Å². The minimum absolute atomic E-state index is 0.203. The zero-order valence-corrected chi connectivity index (χ0v) is 31.3. The van der Waals surface area contributed by atoms with Crippen LogP contribution < -0.4 is 24.4 Å². The number of hydrogen-bond acceptors (Lipinski definition) is 9. The summed E-state index contributed by atoms with van der Waals surface area (Å²) in [6.07, 6.45) is 1.84. The molecule has 0 bridgehead atoms. The van der Waals surface area contributed by atoms with Crippen molar-refractivity contribution < 1.29 is 28.5 Å². The molecule has 1 aliphatic heterocycles. The van der Waals surface area contributed by atoms with Gasteiger partial charge in [0, 0.05) is 0 Å². The maximum absolute atomic E-state index is 14.0. The van der Waals surface area contributed by atoms with E-state index in [1.165, 1.54) is 11.3 Å². The minimum Gasteiger partial charge on any atom is -0.494 e. The number of benzene rings is 3. The van der Waals surface area contributed by atoms with Crippen LogP contribution in [0.1, 0.15) is 60.8 Å². The van der Waals surface area contributed by atoms with Crippen LogP contribution in [-0.2, 0) is 20.9 Å².